The molecule has 0 aromatic carbocycles. The SMILES string of the molecule is CCNC(=NCC1(C)CCCC1)NCCCN1CCOCC1. The molecular formula is C17H34N4O. The van der Waals surface area contributed by atoms with Gasteiger partial charge in [0.05, 0.1) is 13.2 Å². The first-order valence-corrected chi connectivity index (χ1v) is 9.04. The minimum absolute atomic E-state index is 0.427. The van der Waals surface area contributed by atoms with E-state index in [1.54, 1.807) is 0 Å². The van der Waals surface area contributed by atoms with Crippen molar-refractivity contribution in [1.29, 1.82) is 0 Å². The van der Waals surface area contributed by atoms with Crippen molar-refractivity contribution in [2.24, 2.45) is 10.4 Å². The summed E-state index contributed by atoms with van der Waals surface area (Å²) in [5.74, 6) is 0.984. The molecule has 0 atom stereocenters. The maximum Gasteiger partial charge on any atom is 0.191 e. The van der Waals surface area contributed by atoms with Crippen LogP contribution in [0.3, 0.4) is 0 Å². The molecule has 2 fully saturated rings. The number of guanidine groups is 1. The standard InChI is InChI=1S/C17H34N4O/c1-3-18-16(20-15-17(2)7-4-5-8-17)19-9-6-10-21-11-13-22-14-12-21/h3-15H2,1-2H3,(H2,18,19,20). The van der Waals surface area contributed by atoms with E-state index in [9.17, 15) is 0 Å². The molecule has 0 bridgehead atoms. The summed E-state index contributed by atoms with van der Waals surface area (Å²) in [7, 11) is 0. The minimum atomic E-state index is 0.427. The summed E-state index contributed by atoms with van der Waals surface area (Å²) in [4.78, 5) is 7.29. The fourth-order valence-corrected chi connectivity index (χ4v) is 3.33. The number of morpholine rings is 1. The fourth-order valence-electron chi connectivity index (χ4n) is 3.33. The normalized spacial score (nSPS) is 22.7. The topological polar surface area (TPSA) is 48.9 Å². The summed E-state index contributed by atoms with van der Waals surface area (Å²) in [5, 5.41) is 6.85. The third-order valence-electron chi connectivity index (χ3n) is 4.82. The zero-order valence-electron chi connectivity index (χ0n) is 14.5. The van der Waals surface area contributed by atoms with E-state index in [-0.39, 0.29) is 0 Å². The van der Waals surface area contributed by atoms with Crippen molar-refractivity contribution in [2.75, 3.05) is 52.5 Å². The molecule has 0 amide bonds. The molecule has 2 aliphatic rings. The molecule has 1 aliphatic carbocycles. The zero-order chi connectivity index (χ0) is 15.7. The van der Waals surface area contributed by atoms with Gasteiger partial charge in [0.25, 0.3) is 0 Å². The number of rotatable bonds is 7. The van der Waals surface area contributed by atoms with Crippen LogP contribution >= 0.6 is 0 Å². The molecule has 0 radical (unpaired) electrons. The third-order valence-corrected chi connectivity index (χ3v) is 4.82. The summed E-state index contributed by atoms with van der Waals surface area (Å²) in [5.41, 5.74) is 0.427. The Hall–Kier alpha value is -0.810. The van der Waals surface area contributed by atoms with Crippen LogP contribution in [-0.2, 0) is 4.74 Å². The van der Waals surface area contributed by atoms with Crippen molar-refractivity contribution in [1.82, 2.24) is 15.5 Å². The van der Waals surface area contributed by atoms with Crippen LogP contribution in [0, 0.1) is 5.41 Å². The molecule has 1 saturated heterocycles. The Morgan fingerprint density at radius 1 is 1.18 bits per heavy atom. The molecule has 1 saturated carbocycles. The lowest BCUT2D eigenvalue weighted by atomic mass is 9.89. The smallest absolute Gasteiger partial charge is 0.191 e. The Kier molecular flexibility index (Phi) is 7.46. The van der Waals surface area contributed by atoms with Gasteiger partial charge in [0.15, 0.2) is 5.96 Å². The van der Waals surface area contributed by atoms with E-state index in [0.29, 0.717) is 5.41 Å². The Balaban J connectivity index is 1.66. The first-order valence-electron chi connectivity index (χ1n) is 9.04. The van der Waals surface area contributed by atoms with Crippen LogP contribution in [0.2, 0.25) is 0 Å². The van der Waals surface area contributed by atoms with Crippen LogP contribution in [0.4, 0.5) is 0 Å². The molecule has 0 aromatic rings. The highest BCUT2D eigenvalue weighted by atomic mass is 16.5. The van der Waals surface area contributed by atoms with Crippen LogP contribution in [0.1, 0.15) is 46.0 Å². The number of ether oxygens (including phenoxy) is 1. The molecule has 22 heavy (non-hydrogen) atoms. The van der Waals surface area contributed by atoms with Gasteiger partial charge < -0.3 is 15.4 Å². The quantitative estimate of drug-likeness (QED) is 0.428. The zero-order valence-corrected chi connectivity index (χ0v) is 14.5. The third kappa shape index (κ3) is 6.13. The summed E-state index contributed by atoms with van der Waals surface area (Å²) in [6.45, 7) is 12.4. The van der Waals surface area contributed by atoms with E-state index in [2.05, 4.69) is 29.4 Å². The molecular weight excluding hydrogens is 276 g/mol. The Morgan fingerprint density at radius 3 is 2.59 bits per heavy atom. The Morgan fingerprint density at radius 2 is 1.91 bits per heavy atom. The molecule has 0 unspecified atom stereocenters. The van der Waals surface area contributed by atoms with Crippen LogP contribution in [0.5, 0.6) is 0 Å². The molecule has 128 valence electrons. The van der Waals surface area contributed by atoms with Crippen molar-refractivity contribution in [3.63, 3.8) is 0 Å². The predicted octanol–water partition coefficient (Wildman–Crippen LogP) is 1.84. The lowest BCUT2D eigenvalue weighted by molar-refractivity contribution is 0.0376. The molecule has 2 rings (SSSR count). The average molecular weight is 310 g/mol. The van der Waals surface area contributed by atoms with Gasteiger partial charge in [-0.15, -0.1) is 0 Å². The predicted molar refractivity (Wildman–Crippen MR) is 92.4 cm³/mol. The van der Waals surface area contributed by atoms with Gasteiger partial charge in [0.1, 0.15) is 0 Å². The van der Waals surface area contributed by atoms with Gasteiger partial charge >= 0.3 is 0 Å². The molecule has 2 N–H and O–H groups in total. The fraction of sp³-hybridized carbons (Fsp3) is 0.941. The van der Waals surface area contributed by atoms with Crippen molar-refractivity contribution >= 4 is 5.96 Å². The summed E-state index contributed by atoms with van der Waals surface area (Å²) >= 11 is 0. The van der Waals surface area contributed by atoms with Gasteiger partial charge in [-0.1, -0.05) is 19.8 Å². The second-order valence-electron chi connectivity index (χ2n) is 6.95. The Bertz CT molecular complexity index is 334. The van der Waals surface area contributed by atoms with Crippen molar-refractivity contribution < 1.29 is 4.74 Å². The summed E-state index contributed by atoms with van der Waals surface area (Å²) in [6.07, 6.45) is 6.55. The van der Waals surface area contributed by atoms with E-state index in [1.165, 1.54) is 25.7 Å². The van der Waals surface area contributed by atoms with E-state index in [0.717, 1.165) is 64.9 Å². The van der Waals surface area contributed by atoms with Crippen LogP contribution in [0.15, 0.2) is 4.99 Å². The van der Waals surface area contributed by atoms with E-state index >= 15 is 0 Å². The average Bonchev–Trinajstić information content (AvgIpc) is 2.97. The molecule has 0 aromatic heterocycles. The van der Waals surface area contributed by atoms with E-state index in [1.807, 2.05) is 0 Å². The second-order valence-corrected chi connectivity index (χ2v) is 6.95. The lowest BCUT2D eigenvalue weighted by Crippen LogP contribution is -2.41. The molecule has 0 spiro atoms. The first-order chi connectivity index (χ1) is 10.7. The van der Waals surface area contributed by atoms with Crippen molar-refractivity contribution in [2.45, 2.75) is 46.0 Å². The van der Waals surface area contributed by atoms with E-state index < -0.39 is 0 Å². The molecule has 1 aliphatic heterocycles. The maximum absolute atomic E-state index is 5.38. The van der Waals surface area contributed by atoms with Crippen molar-refractivity contribution in [3.8, 4) is 0 Å². The highest BCUT2D eigenvalue weighted by molar-refractivity contribution is 5.79. The van der Waals surface area contributed by atoms with Crippen molar-refractivity contribution in [3.05, 3.63) is 0 Å². The maximum atomic E-state index is 5.38. The van der Waals surface area contributed by atoms with Gasteiger partial charge in [0.2, 0.25) is 0 Å². The van der Waals surface area contributed by atoms with E-state index in [4.69, 9.17) is 9.73 Å². The van der Waals surface area contributed by atoms with Gasteiger partial charge in [0, 0.05) is 32.7 Å². The van der Waals surface area contributed by atoms with Gasteiger partial charge in [-0.2, -0.15) is 0 Å². The molecule has 5 nitrogen and oxygen atoms in total. The number of nitrogens with one attached hydrogen (secondary N) is 2. The highest BCUT2D eigenvalue weighted by Gasteiger charge is 2.28. The number of hydrogen-bond acceptors (Lipinski definition) is 3. The summed E-state index contributed by atoms with van der Waals surface area (Å²) < 4.78 is 5.38. The highest BCUT2D eigenvalue weighted by Crippen LogP contribution is 2.37. The van der Waals surface area contributed by atoms with Gasteiger partial charge in [-0.3, -0.25) is 9.89 Å². The van der Waals surface area contributed by atoms with Crippen LogP contribution in [0.25, 0.3) is 0 Å². The van der Waals surface area contributed by atoms with Crippen LogP contribution in [-0.4, -0.2) is 63.3 Å². The largest absolute Gasteiger partial charge is 0.379 e. The second kappa shape index (κ2) is 9.36. The minimum Gasteiger partial charge on any atom is -0.379 e. The number of nitrogens with zero attached hydrogens (tertiary/aromatic N) is 2. The first kappa shape index (κ1) is 17.5. The lowest BCUT2D eigenvalue weighted by Gasteiger charge is -2.26. The molecule has 5 heteroatoms. The number of aliphatic imine (C=N–C) groups is 1. The monoisotopic (exact) mass is 310 g/mol. The van der Waals surface area contributed by atoms with Gasteiger partial charge in [-0.05, 0) is 38.1 Å². The van der Waals surface area contributed by atoms with Crippen LogP contribution < -0.4 is 10.6 Å². The number of hydrogen-bond donors (Lipinski definition) is 2. The Labute approximate surface area is 135 Å². The molecule has 1 heterocycles. The van der Waals surface area contributed by atoms with Gasteiger partial charge in [-0.25, -0.2) is 0 Å². The summed E-state index contributed by atoms with van der Waals surface area (Å²) in [6, 6.07) is 0.